The third-order valence-corrected chi connectivity index (χ3v) is 2.76. The fourth-order valence-electron chi connectivity index (χ4n) is 1.62. The van der Waals surface area contributed by atoms with Gasteiger partial charge in [0.15, 0.2) is 0 Å². The van der Waals surface area contributed by atoms with Crippen LogP contribution >= 0.6 is 0 Å². The Morgan fingerprint density at radius 2 is 2.05 bits per heavy atom. The molecule has 0 fully saturated rings. The van der Waals surface area contributed by atoms with Crippen molar-refractivity contribution in [2.24, 2.45) is 0 Å². The van der Waals surface area contributed by atoms with Gasteiger partial charge in [-0.3, -0.25) is 0 Å². The Hall–Kier alpha value is -1.96. The molecule has 0 radical (unpaired) electrons. The zero-order chi connectivity index (χ0) is 14.9. The molecule has 1 atom stereocenters. The standard InChI is InChI=1S/C12H11F4N3O/c1-2-11(20)9-6-19(18-17-9)10-5-7(12(14,15)16)3-4-8(10)13/h3-6,11,20H,2H2,1H3. The molecule has 1 aromatic carbocycles. The fourth-order valence-corrected chi connectivity index (χ4v) is 1.62. The number of nitrogens with zero attached hydrogens (tertiary/aromatic N) is 3. The molecule has 4 nitrogen and oxygen atoms in total. The van der Waals surface area contributed by atoms with Gasteiger partial charge >= 0.3 is 6.18 Å². The zero-order valence-corrected chi connectivity index (χ0v) is 10.4. The predicted molar refractivity (Wildman–Crippen MR) is 61.6 cm³/mol. The summed E-state index contributed by atoms with van der Waals surface area (Å²) in [4.78, 5) is 0. The van der Waals surface area contributed by atoms with E-state index in [1.807, 2.05) is 0 Å². The Labute approximate surface area is 111 Å². The molecule has 0 aliphatic heterocycles. The molecule has 1 unspecified atom stereocenters. The Bertz CT molecular complexity index is 609. The summed E-state index contributed by atoms with van der Waals surface area (Å²) in [6, 6.07) is 2.01. The summed E-state index contributed by atoms with van der Waals surface area (Å²) in [5.41, 5.74) is -1.19. The molecule has 20 heavy (non-hydrogen) atoms. The van der Waals surface area contributed by atoms with Crippen molar-refractivity contribution in [1.82, 2.24) is 15.0 Å². The highest BCUT2D eigenvalue weighted by Crippen LogP contribution is 2.31. The Morgan fingerprint density at radius 3 is 2.65 bits per heavy atom. The first-order chi connectivity index (χ1) is 9.32. The van der Waals surface area contributed by atoms with Crippen LogP contribution in [-0.2, 0) is 6.18 Å². The summed E-state index contributed by atoms with van der Waals surface area (Å²) in [6.45, 7) is 1.70. The number of rotatable bonds is 3. The minimum absolute atomic E-state index is 0.171. The first kappa shape index (κ1) is 14.4. The van der Waals surface area contributed by atoms with E-state index in [-0.39, 0.29) is 11.4 Å². The van der Waals surface area contributed by atoms with Gasteiger partial charge in [0.1, 0.15) is 17.2 Å². The van der Waals surface area contributed by atoms with Crippen LogP contribution in [0.5, 0.6) is 0 Å². The number of halogens is 4. The zero-order valence-electron chi connectivity index (χ0n) is 10.4. The van der Waals surface area contributed by atoms with Gasteiger partial charge in [-0.25, -0.2) is 9.07 Å². The quantitative estimate of drug-likeness (QED) is 0.884. The van der Waals surface area contributed by atoms with Gasteiger partial charge in [-0.1, -0.05) is 12.1 Å². The lowest BCUT2D eigenvalue weighted by molar-refractivity contribution is -0.137. The minimum atomic E-state index is -4.57. The smallest absolute Gasteiger partial charge is 0.387 e. The maximum Gasteiger partial charge on any atom is 0.416 e. The molecule has 8 heteroatoms. The van der Waals surface area contributed by atoms with Crippen molar-refractivity contribution in [3.05, 3.63) is 41.5 Å². The van der Waals surface area contributed by atoms with E-state index in [0.717, 1.165) is 10.7 Å². The number of aromatic nitrogens is 3. The van der Waals surface area contributed by atoms with Crippen LogP contribution in [0.2, 0.25) is 0 Å². The highest BCUT2D eigenvalue weighted by atomic mass is 19.4. The molecule has 0 amide bonds. The second-order valence-electron chi connectivity index (χ2n) is 4.18. The Morgan fingerprint density at radius 1 is 1.35 bits per heavy atom. The predicted octanol–water partition coefficient (Wildman–Crippen LogP) is 2.87. The summed E-state index contributed by atoms with van der Waals surface area (Å²) in [5.74, 6) is -0.861. The van der Waals surface area contributed by atoms with E-state index in [4.69, 9.17) is 0 Å². The Balaban J connectivity index is 2.44. The average Bonchev–Trinajstić information content (AvgIpc) is 2.86. The molecular formula is C12H11F4N3O. The summed E-state index contributed by atoms with van der Waals surface area (Å²) in [6.07, 6.45) is -3.90. The molecule has 2 rings (SSSR count). The number of alkyl halides is 3. The van der Waals surface area contributed by atoms with Crippen molar-refractivity contribution in [3.8, 4) is 5.69 Å². The minimum Gasteiger partial charge on any atom is -0.387 e. The van der Waals surface area contributed by atoms with E-state index in [9.17, 15) is 22.7 Å². The molecule has 0 spiro atoms. The summed E-state index contributed by atoms with van der Waals surface area (Å²) >= 11 is 0. The van der Waals surface area contributed by atoms with Gasteiger partial charge in [0.05, 0.1) is 17.9 Å². The number of hydrogen-bond donors (Lipinski definition) is 1. The summed E-state index contributed by atoms with van der Waals surface area (Å²) in [7, 11) is 0. The molecule has 0 aliphatic carbocycles. The highest BCUT2D eigenvalue weighted by molar-refractivity contribution is 5.38. The van der Waals surface area contributed by atoms with Crippen LogP contribution in [0.4, 0.5) is 17.6 Å². The lowest BCUT2D eigenvalue weighted by Gasteiger charge is -2.09. The third-order valence-electron chi connectivity index (χ3n) is 2.76. The molecule has 1 aromatic heterocycles. The number of benzene rings is 1. The monoisotopic (exact) mass is 289 g/mol. The maximum absolute atomic E-state index is 13.6. The van der Waals surface area contributed by atoms with Gasteiger partial charge in [-0.15, -0.1) is 5.10 Å². The second-order valence-corrected chi connectivity index (χ2v) is 4.18. The van der Waals surface area contributed by atoms with Crippen molar-refractivity contribution in [2.75, 3.05) is 0 Å². The first-order valence-electron chi connectivity index (χ1n) is 5.80. The molecule has 108 valence electrons. The van der Waals surface area contributed by atoms with Gasteiger partial charge in [0.25, 0.3) is 0 Å². The van der Waals surface area contributed by atoms with Crippen LogP contribution in [0.1, 0.15) is 30.7 Å². The number of aliphatic hydroxyl groups is 1. The van der Waals surface area contributed by atoms with Crippen molar-refractivity contribution < 1.29 is 22.7 Å². The second kappa shape index (κ2) is 5.20. The van der Waals surface area contributed by atoms with Gasteiger partial charge in [0.2, 0.25) is 0 Å². The fraction of sp³-hybridized carbons (Fsp3) is 0.333. The lowest BCUT2D eigenvalue weighted by atomic mass is 10.2. The molecule has 1 heterocycles. The van der Waals surface area contributed by atoms with E-state index in [1.54, 1.807) is 6.92 Å². The van der Waals surface area contributed by atoms with Crippen molar-refractivity contribution in [1.29, 1.82) is 0 Å². The highest BCUT2D eigenvalue weighted by Gasteiger charge is 2.31. The molecule has 0 aliphatic rings. The van der Waals surface area contributed by atoms with Crippen molar-refractivity contribution in [3.63, 3.8) is 0 Å². The largest absolute Gasteiger partial charge is 0.416 e. The van der Waals surface area contributed by atoms with E-state index in [2.05, 4.69) is 10.3 Å². The van der Waals surface area contributed by atoms with Crippen LogP contribution in [-0.4, -0.2) is 20.1 Å². The van der Waals surface area contributed by atoms with Gasteiger partial charge in [0, 0.05) is 0 Å². The lowest BCUT2D eigenvalue weighted by Crippen LogP contribution is -2.08. The third kappa shape index (κ3) is 2.79. The van der Waals surface area contributed by atoms with Crippen LogP contribution < -0.4 is 0 Å². The molecule has 2 aromatic rings. The molecular weight excluding hydrogens is 278 g/mol. The molecule has 1 N–H and O–H groups in total. The number of hydrogen-bond acceptors (Lipinski definition) is 3. The topological polar surface area (TPSA) is 50.9 Å². The Kier molecular flexibility index (Phi) is 3.76. The SMILES string of the molecule is CCC(O)c1cn(-c2cc(C(F)(F)F)ccc2F)nn1. The summed E-state index contributed by atoms with van der Waals surface area (Å²) in [5, 5.41) is 16.7. The molecule has 0 saturated carbocycles. The average molecular weight is 289 g/mol. The van der Waals surface area contributed by atoms with E-state index in [1.165, 1.54) is 6.20 Å². The van der Waals surface area contributed by atoms with Crippen LogP contribution in [0.25, 0.3) is 5.69 Å². The van der Waals surface area contributed by atoms with Crippen LogP contribution in [0.3, 0.4) is 0 Å². The van der Waals surface area contributed by atoms with Crippen molar-refractivity contribution >= 4 is 0 Å². The van der Waals surface area contributed by atoms with Crippen LogP contribution in [0, 0.1) is 5.82 Å². The van der Waals surface area contributed by atoms with E-state index >= 15 is 0 Å². The normalized spacial score (nSPS) is 13.5. The van der Waals surface area contributed by atoms with Gasteiger partial charge in [-0.2, -0.15) is 13.2 Å². The van der Waals surface area contributed by atoms with Gasteiger partial charge in [-0.05, 0) is 24.6 Å². The van der Waals surface area contributed by atoms with Crippen molar-refractivity contribution in [2.45, 2.75) is 25.6 Å². The molecule has 0 saturated heterocycles. The van der Waals surface area contributed by atoms with Gasteiger partial charge < -0.3 is 5.11 Å². The maximum atomic E-state index is 13.6. The molecule has 0 bridgehead atoms. The van der Waals surface area contributed by atoms with E-state index in [0.29, 0.717) is 18.6 Å². The van der Waals surface area contributed by atoms with Crippen LogP contribution in [0.15, 0.2) is 24.4 Å². The summed E-state index contributed by atoms with van der Waals surface area (Å²) < 4.78 is 52.3. The first-order valence-corrected chi connectivity index (χ1v) is 5.80. The van der Waals surface area contributed by atoms with E-state index < -0.39 is 23.7 Å². The number of aliphatic hydroxyl groups excluding tert-OH is 1.